The third-order valence-electron chi connectivity index (χ3n) is 4.05. The zero-order valence-corrected chi connectivity index (χ0v) is 14.7. The van der Waals surface area contributed by atoms with Gasteiger partial charge in [-0.1, -0.05) is 45.0 Å². The zero-order valence-electron chi connectivity index (χ0n) is 14.7. The van der Waals surface area contributed by atoms with E-state index in [4.69, 9.17) is 4.74 Å². The summed E-state index contributed by atoms with van der Waals surface area (Å²) in [7, 11) is 0. The molecule has 0 aliphatic carbocycles. The van der Waals surface area contributed by atoms with Gasteiger partial charge in [0.25, 0.3) is 5.91 Å². The quantitative estimate of drug-likeness (QED) is 0.900. The smallest absolute Gasteiger partial charge is 0.262 e. The first-order chi connectivity index (χ1) is 11.8. The number of carbonyl (C=O) groups excluding carboxylic acids is 2. The second-order valence-electron chi connectivity index (χ2n) is 7.19. The summed E-state index contributed by atoms with van der Waals surface area (Å²) in [5.74, 6) is 0.342. The molecular weight excluding hydrogens is 316 g/mol. The summed E-state index contributed by atoms with van der Waals surface area (Å²) in [5, 5.41) is 5.75. The highest BCUT2D eigenvalue weighted by molar-refractivity contribution is 5.96. The molecule has 130 valence electrons. The maximum atomic E-state index is 12.5. The number of amides is 2. The first-order valence-corrected chi connectivity index (χ1v) is 8.28. The van der Waals surface area contributed by atoms with Gasteiger partial charge in [-0.15, -0.1) is 0 Å². The van der Waals surface area contributed by atoms with Crippen molar-refractivity contribution < 1.29 is 14.3 Å². The van der Waals surface area contributed by atoms with Crippen molar-refractivity contribution in [2.24, 2.45) is 0 Å². The number of ether oxygens (including phenoxy) is 1. The predicted molar refractivity (Wildman–Crippen MR) is 98.0 cm³/mol. The second kappa shape index (κ2) is 6.59. The highest BCUT2D eigenvalue weighted by Crippen LogP contribution is 2.30. The van der Waals surface area contributed by atoms with Crippen molar-refractivity contribution in [2.75, 3.05) is 17.2 Å². The molecule has 3 rings (SSSR count). The lowest BCUT2D eigenvalue weighted by Gasteiger charge is -2.23. The Morgan fingerprint density at radius 1 is 1.20 bits per heavy atom. The number of carbonyl (C=O) groups is 2. The molecule has 2 aromatic rings. The third-order valence-corrected chi connectivity index (χ3v) is 4.05. The Morgan fingerprint density at radius 2 is 1.96 bits per heavy atom. The van der Waals surface area contributed by atoms with Crippen LogP contribution in [0.2, 0.25) is 0 Å². The van der Waals surface area contributed by atoms with E-state index >= 15 is 0 Å². The number of fused-ring (bicyclic) bond motifs is 1. The SMILES string of the molecule is CC(C)(C)c1ccccc1NC(=O)Cc1ccc2c(c1)NC(=O)CO2. The van der Waals surface area contributed by atoms with Crippen LogP contribution in [-0.2, 0) is 21.4 Å². The number of benzene rings is 2. The highest BCUT2D eigenvalue weighted by atomic mass is 16.5. The first kappa shape index (κ1) is 17.0. The zero-order chi connectivity index (χ0) is 18.0. The topological polar surface area (TPSA) is 67.4 Å². The molecule has 0 spiro atoms. The molecule has 5 heteroatoms. The van der Waals surface area contributed by atoms with Gasteiger partial charge in [0, 0.05) is 5.69 Å². The van der Waals surface area contributed by atoms with Crippen LogP contribution in [0.1, 0.15) is 31.9 Å². The van der Waals surface area contributed by atoms with Crippen molar-refractivity contribution in [3.8, 4) is 5.75 Å². The molecule has 0 atom stereocenters. The van der Waals surface area contributed by atoms with Crippen LogP contribution < -0.4 is 15.4 Å². The maximum absolute atomic E-state index is 12.5. The average Bonchev–Trinajstić information content (AvgIpc) is 2.54. The summed E-state index contributed by atoms with van der Waals surface area (Å²) >= 11 is 0. The van der Waals surface area contributed by atoms with Gasteiger partial charge in [-0.3, -0.25) is 9.59 Å². The molecule has 1 aliphatic rings. The van der Waals surface area contributed by atoms with E-state index in [1.54, 1.807) is 12.1 Å². The van der Waals surface area contributed by atoms with Gasteiger partial charge in [0.05, 0.1) is 12.1 Å². The molecule has 0 radical (unpaired) electrons. The lowest BCUT2D eigenvalue weighted by atomic mass is 9.86. The van der Waals surface area contributed by atoms with Gasteiger partial charge in [-0.2, -0.15) is 0 Å². The van der Waals surface area contributed by atoms with E-state index in [0.717, 1.165) is 16.8 Å². The number of para-hydroxylation sites is 1. The standard InChI is InChI=1S/C20H22N2O3/c1-20(2,3)14-6-4-5-7-15(14)21-18(23)11-13-8-9-17-16(10-13)22-19(24)12-25-17/h4-10H,11-12H2,1-3H3,(H,21,23)(H,22,24). The van der Waals surface area contributed by atoms with Crippen LogP contribution in [0.3, 0.4) is 0 Å². The molecule has 2 amide bonds. The highest BCUT2D eigenvalue weighted by Gasteiger charge is 2.19. The van der Waals surface area contributed by atoms with Gasteiger partial charge in [0.2, 0.25) is 5.91 Å². The molecule has 0 saturated carbocycles. The van der Waals surface area contributed by atoms with Gasteiger partial charge in [-0.25, -0.2) is 0 Å². The van der Waals surface area contributed by atoms with Crippen LogP contribution in [0.25, 0.3) is 0 Å². The molecular formula is C20H22N2O3. The van der Waals surface area contributed by atoms with Crippen LogP contribution in [0.5, 0.6) is 5.75 Å². The minimum atomic E-state index is -0.187. The van der Waals surface area contributed by atoms with Crippen LogP contribution in [0.4, 0.5) is 11.4 Å². The molecule has 1 aliphatic heterocycles. The lowest BCUT2D eigenvalue weighted by Crippen LogP contribution is -2.25. The largest absolute Gasteiger partial charge is 0.482 e. The van der Waals surface area contributed by atoms with E-state index in [2.05, 4.69) is 31.4 Å². The van der Waals surface area contributed by atoms with Crippen molar-refractivity contribution in [2.45, 2.75) is 32.6 Å². The molecule has 0 bridgehead atoms. The van der Waals surface area contributed by atoms with Crippen molar-refractivity contribution in [3.63, 3.8) is 0 Å². The molecule has 0 aromatic heterocycles. The Morgan fingerprint density at radius 3 is 2.72 bits per heavy atom. The summed E-state index contributed by atoms with van der Waals surface area (Å²) in [5.41, 5.74) is 3.29. The van der Waals surface area contributed by atoms with E-state index in [0.29, 0.717) is 11.4 Å². The molecule has 1 heterocycles. The van der Waals surface area contributed by atoms with Crippen LogP contribution in [0.15, 0.2) is 42.5 Å². The predicted octanol–water partition coefficient (Wildman–Crippen LogP) is 3.50. The van der Waals surface area contributed by atoms with Crippen molar-refractivity contribution >= 4 is 23.2 Å². The van der Waals surface area contributed by atoms with E-state index < -0.39 is 0 Å². The van der Waals surface area contributed by atoms with E-state index in [9.17, 15) is 9.59 Å². The maximum Gasteiger partial charge on any atom is 0.262 e. The number of rotatable bonds is 3. The minimum absolute atomic E-state index is 0.0242. The molecule has 0 unspecified atom stereocenters. The van der Waals surface area contributed by atoms with E-state index in [1.807, 2.05) is 30.3 Å². The normalized spacial score (nSPS) is 13.5. The van der Waals surface area contributed by atoms with Gasteiger partial charge in [0.15, 0.2) is 6.61 Å². The summed E-state index contributed by atoms with van der Waals surface area (Å²) in [6, 6.07) is 13.2. The minimum Gasteiger partial charge on any atom is -0.482 e. The molecule has 0 saturated heterocycles. The number of nitrogens with one attached hydrogen (secondary N) is 2. The number of hydrogen-bond donors (Lipinski definition) is 2. The number of hydrogen-bond acceptors (Lipinski definition) is 3. The molecule has 5 nitrogen and oxygen atoms in total. The monoisotopic (exact) mass is 338 g/mol. The summed E-state index contributed by atoms with van der Waals surface area (Å²) < 4.78 is 5.33. The third kappa shape index (κ3) is 3.99. The Hall–Kier alpha value is -2.82. The van der Waals surface area contributed by atoms with Gasteiger partial charge < -0.3 is 15.4 Å². The van der Waals surface area contributed by atoms with Crippen molar-refractivity contribution in [1.82, 2.24) is 0 Å². The summed E-state index contributed by atoms with van der Waals surface area (Å²) in [6.07, 6.45) is 0.224. The van der Waals surface area contributed by atoms with Crippen molar-refractivity contribution in [1.29, 1.82) is 0 Å². The second-order valence-corrected chi connectivity index (χ2v) is 7.19. The first-order valence-electron chi connectivity index (χ1n) is 8.28. The van der Waals surface area contributed by atoms with Crippen molar-refractivity contribution in [3.05, 3.63) is 53.6 Å². The van der Waals surface area contributed by atoms with Gasteiger partial charge in [0.1, 0.15) is 5.75 Å². The van der Waals surface area contributed by atoms with Gasteiger partial charge in [-0.05, 0) is 34.7 Å². The van der Waals surface area contributed by atoms with Crippen LogP contribution in [-0.4, -0.2) is 18.4 Å². The molecule has 2 N–H and O–H groups in total. The lowest BCUT2D eigenvalue weighted by molar-refractivity contribution is -0.118. The molecule has 2 aromatic carbocycles. The Bertz CT molecular complexity index is 822. The van der Waals surface area contributed by atoms with Crippen LogP contribution in [0, 0.1) is 0 Å². The fraction of sp³-hybridized carbons (Fsp3) is 0.300. The van der Waals surface area contributed by atoms with E-state index in [1.165, 1.54) is 0 Å². The van der Waals surface area contributed by atoms with Gasteiger partial charge >= 0.3 is 0 Å². The summed E-state index contributed by atoms with van der Waals surface area (Å²) in [4.78, 5) is 23.9. The fourth-order valence-electron chi connectivity index (χ4n) is 2.87. The van der Waals surface area contributed by atoms with E-state index in [-0.39, 0.29) is 30.3 Å². The molecule has 0 fully saturated rings. The Kier molecular flexibility index (Phi) is 4.49. The average molecular weight is 338 g/mol. The Labute approximate surface area is 147 Å². The molecule has 25 heavy (non-hydrogen) atoms. The number of anilines is 2. The summed E-state index contributed by atoms with van der Waals surface area (Å²) in [6.45, 7) is 6.37. The van der Waals surface area contributed by atoms with Crippen LogP contribution >= 0.6 is 0 Å². The fourth-order valence-corrected chi connectivity index (χ4v) is 2.87. The Balaban J connectivity index is 1.74.